The molecule has 11 heteroatoms. The van der Waals surface area contributed by atoms with Gasteiger partial charge >= 0.3 is 12.2 Å². The second-order valence-electron chi connectivity index (χ2n) is 7.66. The maximum absolute atomic E-state index is 14.7. The first kappa shape index (κ1) is 22.6. The zero-order valence-electron chi connectivity index (χ0n) is 16.0. The van der Waals surface area contributed by atoms with Crippen molar-refractivity contribution < 1.29 is 31.5 Å². The monoisotopic (exact) mass is 453 g/mol. The van der Waals surface area contributed by atoms with E-state index in [1.54, 1.807) is 0 Å². The summed E-state index contributed by atoms with van der Waals surface area (Å²) in [6.45, 7) is 1.92. The number of rotatable bonds is 3. The Kier molecular flexibility index (Phi) is 6.45. The number of urea groups is 1. The van der Waals surface area contributed by atoms with Crippen molar-refractivity contribution in [1.82, 2.24) is 15.5 Å². The summed E-state index contributed by atoms with van der Waals surface area (Å²) in [4.78, 5) is 25.9. The molecule has 0 unspecified atom stereocenters. The quantitative estimate of drug-likeness (QED) is 0.533. The third kappa shape index (κ3) is 4.48. The van der Waals surface area contributed by atoms with Crippen LogP contribution in [0.5, 0.6) is 0 Å². The SMILES string of the molecule is C[C@@H]1C(=O)NCCN1C(=O)N[C@@H](c1ccc(F)c(Cl)c1F)[C@H]1CC[C@H](C(F)(F)F)C1. The summed E-state index contributed by atoms with van der Waals surface area (Å²) in [7, 11) is 0. The third-order valence-corrected chi connectivity index (χ3v) is 6.19. The molecule has 0 spiro atoms. The van der Waals surface area contributed by atoms with Gasteiger partial charge in [0.1, 0.15) is 22.7 Å². The second kappa shape index (κ2) is 8.56. The van der Waals surface area contributed by atoms with Crippen molar-refractivity contribution in [2.45, 2.75) is 44.4 Å². The van der Waals surface area contributed by atoms with Crippen molar-refractivity contribution >= 4 is 23.5 Å². The predicted octanol–water partition coefficient (Wildman–Crippen LogP) is 4.17. The molecule has 0 radical (unpaired) electrons. The summed E-state index contributed by atoms with van der Waals surface area (Å²) in [6, 6.07) is -0.674. The van der Waals surface area contributed by atoms with Crippen LogP contribution in [0, 0.1) is 23.5 Å². The number of halogens is 6. The van der Waals surface area contributed by atoms with Gasteiger partial charge in [0, 0.05) is 18.7 Å². The average molecular weight is 454 g/mol. The number of amides is 3. The van der Waals surface area contributed by atoms with Crippen LogP contribution in [0.15, 0.2) is 12.1 Å². The van der Waals surface area contributed by atoms with E-state index in [1.807, 2.05) is 0 Å². The Bertz CT molecular complexity index is 835. The van der Waals surface area contributed by atoms with E-state index in [0.717, 1.165) is 12.1 Å². The molecule has 1 saturated carbocycles. The van der Waals surface area contributed by atoms with Crippen LogP contribution in [0.25, 0.3) is 0 Å². The normalized spacial score (nSPS) is 25.8. The van der Waals surface area contributed by atoms with Gasteiger partial charge in [0.05, 0.1) is 12.0 Å². The Morgan fingerprint density at radius 3 is 2.63 bits per heavy atom. The summed E-state index contributed by atoms with van der Waals surface area (Å²) in [5, 5.41) is 4.38. The summed E-state index contributed by atoms with van der Waals surface area (Å²) in [6.07, 6.45) is -4.76. The van der Waals surface area contributed by atoms with Gasteiger partial charge in [-0.1, -0.05) is 17.7 Å². The van der Waals surface area contributed by atoms with Gasteiger partial charge in [0.2, 0.25) is 5.91 Å². The summed E-state index contributed by atoms with van der Waals surface area (Å²) >= 11 is 5.66. The highest BCUT2D eigenvalue weighted by Gasteiger charge is 2.47. The lowest BCUT2D eigenvalue weighted by Gasteiger charge is -2.35. The Balaban J connectivity index is 1.90. The topological polar surface area (TPSA) is 61.4 Å². The lowest BCUT2D eigenvalue weighted by Crippen LogP contribution is -2.58. The molecule has 4 atom stereocenters. The standard InChI is InChI=1S/C19H21ClF5N3O2/c1-9-17(29)26-6-7-28(9)18(30)27-16(10-2-3-11(8-10)19(23,24)25)12-4-5-13(21)14(20)15(12)22/h4-5,9-11,16H,2-3,6-8H2,1H3,(H,26,29)(H,27,30)/t9-,10+,11+,16-/m1/s1. The summed E-state index contributed by atoms with van der Waals surface area (Å²) in [5.74, 6) is -4.81. The van der Waals surface area contributed by atoms with E-state index in [-0.39, 0.29) is 43.8 Å². The molecule has 1 aliphatic heterocycles. The average Bonchev–Trinajstić information content (AvgIpc) is 3.17. The van der Waals surface area contributed by atoms with Gasteiger partial charge in [-0.2, -0.15) is 13.2 Å². The molecule has 2 aliphatic rings. The highest BCUT2D eigenvalue weighted by Crippen LogP contribution is 2.46. The van der Waals surface area contributed by atoms with Crippen molar-refractivity contribution in [3.63, 3.8) is 0 Å². The van der Waals surface area contributed by atoms with Crippen LogP contribution in [0.1, 0.15) is 37.8 Å². The van der Waals surface area contributed by atoms with Gasteiger partial charge in [-0.25, -0.2) is 13.6 Å². The minimum Gasteiger partial charge on any atom is -0.353 e. The highest BCUT2D eigenvalue weighted by molar-refractivity contribution is 6.31. The number of piperazine rings is 1. The first-order valence-corrected chi connectivity index (χ1v) is 9.93. The van der Waals surface area contributed by atoms with Crippen molar-refractivity contribution in [1.29, 1.82) is 0 Å². The van der Waals surface area contributed by atoms with Crippen LogP contribution in [0.4, 0.5) is 26.7 Å². The van der Waals surface area contributed by atoms with Crippen LogP contribution in [0.3, 0.4) is 0 Å². The van der Waals surface area contributed by atoms with Gasteiger partial charge < -0.3 is 15.5 Å². The zero-order valence-corrected chi connectivity index (χ0v) is 16.8. The van der Waals surface area contributed by atoms with E-state index in [4.69, 9.17) is 11.6 Å². The Morgan fingerprint density at radius 1 is 1.30 bits per heavy atom. The summed E-state index contributed by atoms with van der Waals surface area (Å²) < 4.78 is 67.8. The van der Waals surface area contributed by atoms with Crippen molar-refractivity contribution in [2.75, 3.05) is 13.1 Å². The molecule has 1 heterocycles. The van der Waals surface area contributed by atoms with E-state index in [1.165, 1.54) is 11.8 Å². The minimum atomic E-state index is -4.40. The van der Waals surface area contributed by atoms with Crippen LogP contribution in [-0.4, -0.2) is 42.1 Å². The van der Waals surface area contributed by atoms with Crippen molar-refractivity contribution in [3.05, 3.63) is 34.4 Å². The van der Waals surface area contributed by atoms with Gasteiger partial charge in [0.15, 0.2) is 0 Å². The minimum absolute atomic E-state index is 0.0968. The molecule has 1 saturated heterocycles. The predicted molar refractivity (Wildman–Crippen MR) is 98.7 cm³/mol. The van der Waals surface area contributed by atoms with Gasteiger partial charge in [-0.05, 0) is 38.2 Å². The van der Waals surface area contributed by atoms with Crippen molar-refractivity contribution in [3.8, 4) is 0 Å². The Hall–Kier alpha value is -2.10. The molecule has 0 aromatic heterocycles. The molecule has 30 heavy (non-hydrogen) atoms. The second-order valence-corrected chi connectivity index (χ2v) is 8.04. The molecule has 0 bridgehead atoms. The number of alkyl halides is 3. The fourth-order valence-electron chi connectivity index (χ4n) is 4.12. The molecule has 2 N–H and O–H groups in total. The summed E-state index contributed by atoms with van der Waals surface area (Å²) in [5.41, 5.74) is -0.184. The van der Waals surface area contributed by atoms with Crippen LogP contribution in [0.2, 0.25) is 5.02 Å². The van der Waals surface area contributed by atoms with Crippen LogP contribution in [-0.2, 0) is 4.79 Å². The molecule has 3 rings (SSSR count). The smallest absolute Gasteiger partial charge is 0.353 e. The van der Waals surface area contributed by atoms with Gasteiger partial charge in [-0.3, -0.25) is 4.79 Å². The number of hydrogen-bond acceptors (Lipinski definition) is 2. The Labute approximate surface area is 174 Å². The highest BCUT2D eigenvalue weighted by atomic mass is 35.5. The first-order chi connectivity index (χ1) is 14.0. The number of nitrogens with zero attached hydrogens (tertiary/aromatic N) is 1. The van der Waals surface area contributed by atoms with Crippen LogP contribution < -0.4 is 10.6 Å². The number of benzene rings is 1. The molecule has 1 aliphatic carbocycles. The lowest BCUT2D eigenvalue weighted by molar-refractivity contribution is -0.173. The van der Waals surface area contributed by atoms with Gasteiger partial charge in [0.25, 0.3) is 0 Å². The third-order valence-electron chi connectivity index (χ3n) is 5.85. The molecule has 166 valence electrons. The largest absolute Gasteiger partial charge is 0.391 e. The number of carbonyl (C=O) groups is 2. The van der Waals surface area contributed by atoms with Crippen LogP contribution >= 0.6 is 11.6 Å². The fraction of sp³-hybridized carbons (Fsp3) is 0.579. The van der Waals surface area contributed by atoms with E-state index in [2.05, 4.69) is 10.6 Å². The van der Waals surface area contributed by atoms with E-state index < -0.39 is 52.8 Å². The maximum Gasteiger partial charge on any atom is 0.391 e. The molecular formula is C19H21ClF5N3O2. The molecule has 1 aromatic rings. The molecule has 1 aromatic carbocycles. The fourth-order valence-corrected chi connectivity index (χ4v) is 4.29. The number of carbonyl (C=O) groups excluding carboxylic acids is 2. The Morgan fingerprint density at radius 2 is 2.00 bits per heavy atom. The molecule has 5 nitrogen and oxygen atoms in total. The number of nitrogens with one attached hydrogen (secondary N) is 2. The van der Waals surface area contributed by atoms with E-state index in [9.17, 15) is 31.5 Å². The zero-order chi connectivity index (χ0) is 22.2. The van der Waals surface area contributed by atoms with Crippen molar-refractivity contribution in [2.24, 2.45) is 11.8 Å². The molecular weight excluding hydrogens is 433 g/mol. The maximum atomic E-state index is 14.7. The van der Waals surface area contributed by atoms with E-state index >= 15 is 0 Å². The lowest BCUT2D eigenvalue weighted by atomic mass is 9.90. The van der Waals surface area contributed by atoms with E-state index in [0.29, 0.717) is 0 Å². The molecule has 3 amide bonds. The molecule has 2 fully saturated rings. The van der Waals surface area contributed by atoms with Gasteiger partial charge in [-0.15, -0.1) is 0 Å². The first-order valence-electron chi connectivity index (χ1n) is 9.55. The number of hydrogen-bond donors (Lipinski definition) is 2.